The molecule has 96 valence electrons. The van der Waals surface area contributed by atoms with Crippen LogP contribution in [0, 0.1) is 5.82 Å². The molecule has 0 saturated carbocycles. The summed E-state index contributed by atoms with van der Waals surface area (Å²) in [6.45, 7) is 5.97. The molecule has 2 rings (SSSR count). The average Bonchev–Trinajstić information content (AvgIpc) is 2.61. The van der Waals surface area contributed by atoms with Gasteiger partial charge in [0.1, 0.15) is 5.82 Å². The molecule has 18 heavy (non-hydrogen) atoms. The molecule has 0 fully saturated rings. The third kappa shape index (κ3) is 1.99. The third-order valence-electron chi connectivity index (χ3n) is 3.28. The maximum absolute atomic E-state index is 13.9. The Morgan fingerprint density at radius 1 is 1.50 bits per heavy atom. The zero-order valence-electron chi connectivity index (χ0n) is 10.6. The summed E-state index contributed by atoms with van der Waals surface area (Å²) < 4.78 is 19.3. The highest BCUT2D eigenvalue weighted by Crippen LogP contribution is 2.40. The van der Waals surface area contributed by atoms with Crippen molar-refractivity contribution in [3.63, 3.8) is 0 Å². The van der Waals surface area contributed by atoms with Crippen molar-refractivity contribution in [3.05, 3.63) is 38.6 Å². The zero-order chi connectivity index (χ0) is 13.4. The fourth-order valence-electron chi connectivity index (χ4n) is 2.24. The smallest absolute Gasteiger partial charge is 0.338 e. The Labute approximate surface area is 114 Å². The molecule has 2 nitrogen and oxygen atoms in total. The molecular weight excluding hydrogens is 299 g/mol. The van der Waals surface area contributed by atoms with Crippen molar-refractivity contribution in [1.29, 1.82) is 0 Å². The Bertz CT molecular complexity index is 561. The lowest BCUT2D eigenvalue weighted by atomic mass is 10.00. The molecule has 0 amide bonds. The van der Waals surface area contributed by atoms with Crippen LogP contribution in [-0.4, -0.2) is 12.6 Å². The van der Waals surface area contributed by atoms with Gasteiger partial charge in [-0.3, -0.25) is 0 Å². The van der Waals surface area contributed by atoms with E-state index in [0.29, 0.717) is 16.5 Å². The van der Waals surface area contributed by atoms with Crippen molar-refractivity contribution in [2.45, 2.75) is 27.2 Å². The molecule has 1 aromatic carbocycles. The molecule has 0 aliphatic heterocycles. The first kappa shape index (κ1) is 13.3. The number of carbonyl (C=O) groups excluding carboxylic acids is 1. The molecule has 1 aliphatic carbocycles. The number of carbonyl (C=O) groups is 1. The molecule has 4 heteroatoms. The Kier molecular flexibility index (Phi) is 3.57. The van der Waals surface area contributed by atoms with Crippen molar-refractivity contribution in [2.24, 2.45) is 0 Å². The van der Waals surface area contributed by atoms with E-state index in [1.807, 2.05) is 13.8 Å². The van der Waals surface area contributed by atoms with Gasteiger partial charge < -0.3 is 4.74 Å². The molecule has 0 aromatic heterocycles. The van der Waals surface area contributed by atoms with Gasteiger partial charge in [0.15, 0.2) is 0 Å². The molecule has 0 spiro atoms. The first-order chi connectivity index (χ1) is 8.47. The standard InChI is InChI=1S/C14H14BrFO2/c1-4-18-14(17)10-6-11(16)13(15)12-8(3)7(2)5-9(10)12/h6H,4-5H2,1-3H3. The van der Waals surface area contributed by atoms with Gasteiger partial charge in [0, 0.05) is 0 Å². The van der Waals surface area contributed by atoms with Gasteiger partial charge in [-0.25, -0.2) is 9.18 Å². The summed E-state index contributed by atoms with van der Waals surface area (Å²) >= 11 is 3.26. The monoisotopic (exact) mass is 312 g/mol. The number of esters is 1. The molecule has 0 heterocycles. The minimum absolute atomic E-state index is 0.288. The Morgan fingerprint density at radius 3 is 2.78 bits per heavy atom. The van der Waals surface area contributed by atoms with E-state index in [0.717, 1.165) is 22.3 Å². The Balaban J connectivity index is 2.62. The van der Waals surface area contributed by atoms with Crippen molar-refractivity contribution in [1.82, 2.24) is 0 Å². The minimum Gasteiger partial charge on any atom is -0.462 e. The Morgan fingerprint density at radius 2 is 2.17 bits per heavy atom. The van der Waals surface area contributed by atoms with Crippen LogP contribution in [0.5, 0.6) is 0 Å². The van der Waals surface area contributed by atoms with E-state index >= 15 is 0 Å². The van der Waals surface area contributed by atoms with E-state index in [1.165, 1.54) is 6.07 Å². The Hall–Kier alpha value is -1.16. The van der Waals surface area contributed by atoms with Gasteiger partial charge in [-0.05, 0) is 65.9 Å². The summed E-state index contributed by atoms with van der Waals surface area (Å²) in [5.74, 6) is -0.881. The molecule has 0 radical (unpaired) electrons. The second kappa shape index (κ2) is 4.84. The summed E-state index contributed by atoms with van der Waals surface area (Å²) in [5.41, 5.74) is 4.18. The summed E-state index contributed by atoms with van der Waals surface area (Å²) in [4.78, 5) is 11.9. The van der Waals surface area contributed by atoms with E-state index < -0.39 is 11.8 Å². The lowest BCUT2D eigenvalue weighted by molar-refractivity contribution is 0.0524. The fourth-order valence-corrected chi connectivity index (χ4v) is 2.89. The molecule has 1 aromatic rings. The largest absolute Gasteiger partial charge is 0.462 e. The first-order valence-corrected chi connectivity index (χ1v) is 6.61. The number of allylic oxidation sites excluding steroid dienone is 2. The van der Waals surface area contributed by atoms with Crippen LogP contribution >= 0.6 is 15.9 Å². The van der Waals surface area contributed by atoms with Gasteiger partial charge in [0.05, 0.1) is 16.6 Å². The highest BCUT2D eigenvalue weighted by molar-refractivity contribution is 9.10. The third-order valence-corrected chi connectivity index (χ3v) is 4.05. The molecule has 1 aliphatic rings. The summed E-state index contributed by atoms with van der Waals surface area (Å²) in [5, 5.41) is 0. The lowest BCUT2D eigenvalue weighted by Crippen LogP contribution is -2.09. The SMILES string of the molecule is CCOC(=O)c1cc(F)c(Br)c2c1CC(C)=C2C. The van der Waals surface area contributed by atoms with Gasteiger partial charge in [-0.2, -0.15) is 0 Å². The van der Waals surface area contributed by atoms with Crippen LogP contribution in [0.3, 0.4) is 0 Å². The number of fused-ring (bicyclic) bond motifs is 1. The second-order valence-corrected chi connectivity index (χ2v) is 5.17. The van der Waals surface area contributed by atoms with E-state index in [2.05, 4.69) is 15.9 Å². The van der Waals surface area contributed by atoms with Crippen molar-refractivity contribution in [2.75, 3.05) is 6.61 Å². The van der Waals surface area contributed by atoms with Gasteiger partial charge in [0.2, 0.25) is 0 Å². The van der Waals surface area contributed by atoms with Crippen LogP contribution in [0.25, 0.3) is 5.57 Å². The topological polar surface area (TPSA) is 26.3 Å². The second-order valence-electron chi connectivity index (χ2n) is 4.38. The van der Waals surface area contributed by atoms with Crippen LogP contribution < -0.4 is 0 Å². The summed E-state index contributed by atoms with van der Waals surface area (Å²) in [6, 6.07) is 1.26. The zero-order valence-corrected chi connectivity index (χ0v) is 12.1. The highest BCUT2D eigenvalue weighted by atomic mass is 79.9. The number of hydrogen-bond donors (Lipinski definition) is 0. The molecular formula is C14H14BrFO2. The number of rotatable bonds is 2. The van der Waals surface area contributed by atoms with Gasteiger partial charge in [0.25, 0.3) is 0 Å². The first-order valence-electron chi connectivity index (χ1n) is 5.82. The number of hydrogen-bond acceptors (Lipinski definition) is 2. The minimum atomic E-state index is -0.456. The molecule has 0 unspecified atom stereocenters. The maximum atomic E-state index is 13.9. The van der Waals surface area contributed by atoms with Crippen molar-refractivity contribution in [3.8, 4) is 0 Å². The predicted molar refractivity (Wildman–Crippen MR) is 72.0 cm³/mol. The van der Waals surface area contributed by atoms with Crippen LogP contribution in [-0.2, 0) is 11.2 Å². The average molecular weight is 313 g/mol. The van der Waals surface area contributed by atoms with Gasteiger partial charge in [-0.1, -0.05) is 5.57 Å². The van der Waals surface area contributed by atoms with Crippen LogP contribution in [0.15, 0.2) is 16.1 Å². The number of benzene rings is 1. The summed E-state index contributed by atoms with van der Waals surface area (Å²) in [6.07, 6.45) is 0.675. The van der Waals surface area contributed by atoms with Crippen molar-refractivity contribution < 1.29 is 13.9 Å². The quantitative estimate of drug-likeness (QED) is 0.768. The number of ether oxygens (including phenoxy) is 1. The van der Waals surface area contributed by atoms with Crippen LogP contribution in [0.1, 0.15) is 42.3 Å². The van der Waals surface area contributed by atoms with E-state index in [4.69, 9.17) is 4.74 Å². The van der Waals surface area contributed by atoms with Crippen LogP contribution in [0.2, 0.25) is 0 Å². The van der Waals surface area contributed by atoms with E-state index in [9.17, 15) is 9.18 Å². The van der Waals surface area contributed by atoms with Gasteiger partial charge in [-0.15, -0.1) is 0 Å². The predicted octanol–water partition coefficient (Wildman–Crippen LogP) is 4.11. The molecule has 0 N–H and O–H groups in total. The van der Waals surface area contributed by atoms with Gasteiger partial charge >= 0.3 is 5.97 Å². The normalized spacial score (nSPS) is 13.8. The van der Waals surface area contributed by atoms with E-state index in [-0.39, 0.29) is 6.61 Å². The maximum Gasteiger partial charge on any atom is 0.338 e. The molecule has 0 bridgehead atoms. The molecule has 0 atom stereocenters. The fraction of sp³-hybridized carbons (Fsp3) is 0.357. The summed E-state index contributed by atoms with van der Waals surface area (Å²) in [7, 11) is 0. The molecule has 0 saturated heterocycles. The van der Waals surface area contributed by atoms with Crippen molar-refractivity contribution >= 4 is 27.5 Å². The lowest BCUT2D eigenvalue weighted by Gasteiger charge is -2.11. The highest BCUT2D eigenvalue weighted by Gasteiger charge is 2.27. The number of halogens is 2. The van der Waals surface area contributed by atoms with Crippen LogP contribution in [0.4, 0.5) is 4.39 Å². The van der Waals surface area contributed by atoms with E-state index in [1.54, 1.807) is 6.92 Å².